The van der Waals surface area contributed by atoms with Gasteiger partial charge in [-0.05, 0) is 59.8 Å². The number of nitrogens with zero attached hydrogens (tertiary/aromatic N) is 4. The highest BCUT2D eigenvalue weighted by Crippen LogP contribution is 2.37. The van der Waals surface area contributed by atoms with Gasteiger partial charge < -0.3 is 15.1 Å². The Morgan fingerprint density at radius 2 is 2.10 bits per heavy atom. The molecule has 1 N–H and O–H groups in total. The molecule has 3 heterocycles. The van der Waals surface area contributed by atoms with Gasteiger partial charge in [-0.15, -0.1) is 11.3 Å². The van der Waals surface area contributed by atoms with Crippen LogP contribution in [-0.2, 0) is 11.2 Å². The van der Waals surface area contributed by atoms with Crippen molar-refractivity contribution >= 4 is 39.0 Å². The lowest BCUT2D eigenvalue weighted by Crippen LogP contribution is -2.51. The number of aryl methyl sites for hydroxylation is 1. The lowest BCUT2D eigenvalue weighted by molar-refractivity contribution is -0.133. The van der Waals surface area contributed by atoms with Crippen molar-refractivity contribution in [3.05, 3.63) is 38.4 Å². The zero-order valence-electron chi connectivity index (χ0n) is 17.7. The largest absolute Gasteiger partial charge is 0.353 e. The number of aromatic nitrogens is 2. The van der Waals surface area contributed by atoms with Gasteiger partial charge >= 0.3 is 0 Å². The zero-order chi connectivity index (χ0) is 21.1. The van der Waals surface area contributed by atoms with Gasteiger partial charge in [0, 0.05) is 48.9 Å². The highest BCUT2D eigenvalue weighted by atomic mass is 79.9. The average molecular weight is 492 g/mol. The highest BCUT2D eigenvalue weighted by Gasteiger charge is 2.32. The predicted octanol–water partition coefficient (Wildman–Crippen LogP) is 3.78. The fourth-order valence-electron chi connectivity index (χ4n) is 4.48. The highest BCUT2D eigenvalue weighted by molar-refractivity contribution is 9.11. The van der Waals surface area contributed by atoms with Crippen molar-refractivity contribution in [3.8, 4) is 0 Å². The lowest BCUT2D eigenvalue weighted by atomic mass is 10.0. The number of halogens is 1. The number of fused-ring (bicyclic) bond motifs is 1. The Bertz CT molecular complexity index is 880. The Balaban J connectivity index is 1.44. The van der Waals surface area contributed by atoms with Crippen LogP contribution in [0.2, 0.25) is 0 Å². The molecule has 162 valence electrons. The topological polar surface area (TPSA) is 61.4 Å². The van der Waals surface area contributed by atoms with E-state index in [2.05, 4.69) is 56.0 Å². The van der Waals surface area contributed by atoms with Crippen molar-refractivity contribution in [3.63, 3.8) is 0 Å². The molecule has 0 saturated carbocycles. The van der Waals surface area contributed by atoms with Crippen LogP contribution < -0.4 is 10.2 Å². The summed E-state index contributed by atoms with van der Waals surface area (Å²) in [6.07, 6.45) is 4.97. The van der Waals surface area contributed by atoms with Crippen molar-refractivity contribution in [1.82, 2.24) is 20.2 Å². The van der Waals surface area contributed by atoms with Gasteiger partial charge in [0.15, 0.2) is 0 Å². The van der Waals surface area contributed by atoms with Crippen LogP contribution in [0.4, 0.5) is 5.82 Å². The number of hydrogen-bond donors (Lipinski definition) is 1. The maximum absolute atomic E-state index is 13.4. The molecule has 4 rings (SSSR count). The number of piperazine rings is 1. The SMILES string of the molecule is CCCNC[C@@H](C(=O)N1CCN(c2ncnc3c2[C@H](C)CC3)CC1)c1ccc(Br)s1. The van der Waals surface area contributed by atoms with Crippen molar-refractivity contribution < 1.29 is 4.79 Å². The average Bonchev–Trinajstić information content (AvgIpc) is 3.37. The minimum atomic E-state index is -0.122. The normalized spacial score (nSPS) is 19.8. The second-order valence-corrected chi connectivity index (χ2v) is 10.7. The molecule has 6 nitrogen and oxygen atoms in total. The van der Waals surface area contributed by atoms with E-state index in [0.29, 0.717) is 12.5 Å². The third-order valence-electron chi connectivity index (χ3n) is 6.15. The van der Waals surface area contributed by atoms with E-state index in [1.807, 2.05) is 11.0 Å². The molecular weight excluding hydrogens is 462 g/mol. The molecule has 0 radical (unpaired) electrons. The predicted molar refractivity (Wildman–Crippen MR) is 125 cm³/mol. The number of carbonyl (C=O) groups excluding carboxylic acids is 1. The van der Waals surface area contributed by atoms with E-state index in [1.165, 1.54) is 11.3 Å². The van der Waals surface area contributed by atoms with Crippen LogP contribution in [-0.4, -0.2) is 60.0 Å². The number of carbonyl (C=O) groups is 1. The first-order valence-corrected chi connectivity index (χ1v) is 12.5. The zero-order valence-corrected chi connectivity index (χ0v) is 20.1. The van der Waals surface area contributed by atoms with Crippen LogP contribution in [0.3, 0.4) is 0 Å². The fraction of sp³-hybridized carbons (Fsp3) is 0.591. The molecular formula is C22H30BrN5OS. The Morgan fingerprint density at radius 1 is 1.30 bits per heavy atom. The molecule has 0 unspecified atom stereocenters. The molecule has 2 atom stereocenters. The second-order valence-electron chi connectivity index (χ2n) is 8.21. The first kappa shape index (κ1) is 21.7. The molecule has 1 aliphatic carbocycles. The van der Waals surface area contributed by atoms with E-state index in [0.717, 1.165) is 66.5 Å². The van der Waals surface area contributed by atoms with E-state index in [-0.39, 0.29) is 11.8 Å². The Labute approximate surface area is 191 Å². The number of rotatable bonds is 7. The molecule has 1 saturated heterocycles. The number of amides is 1. The monoisotopic (exact) mass is 491 g/mol. The number of hydrogen-bond acceptors (Lipinski definition) is 6. The van der Waals surface area contributed by atoms with E-state index in [4.69, 9.17) is 0 Å². The van der Waals surface area contributed by atoms with E-state index < -0.39 is 0 Å². The van der Waals surface area contributed by atoms with Crippen LogP contribution in [0.5, 0.6) is 0 Å². The van der Waals surface area contributed by atoms with Gasteiger partial charge in [-0.3, -0.25) is 4.79 Å². The van der Waals surface area contributed by atoms with Crippen molar-refractivity contribution in [1.29, 1.82) is 0 Å². The van der Waals surface area contributed by atoms with Crippen LogP contribution in [0.15, 0.2) is 22.2 Å². The van der Waals surface area contributed by atoms with Gasteiger partial charge in [-0.1, -0.05) is 13.8 Å². The summed E-state index contributed by atoms with van der Waals surface area (Å²) in [5, 5.41) is 3.45. The van der Waals surface area contributed by atoms with E-state index in [1.54, 1.807) is 17.7 Å². The van der Waals surface area contributed by atoms with Gasteiger partial charge in [0.25, 0.3) is 0 Å². The molecule has 1 aliphatic heterocycles. The summed E-state index contributed by atoms with van der Waals surface area (Å²) in [5.74, 6) is 1.71. The van der Waals surface area contributed by atoms with Crippen LogP contribution in [0.25, 0.3) is 0 Å². The first-order valence-electron chi connectivity index (χ1n) is 10.9. The van der Waals surface area contributed by atoms with Crippen LogP contribution in [0.1, 0.15) is 54.7 Å². The number of anilines is 1. The van der Waals surface area contributed by atoms with Gasteiger partial charge in [0.1, 0.15) is 12.1 Å². The summed E-state index contributed by atoms with van der Waals surface area (Å²) < 4.78 is 1.07. The summed E-state index contributed by atoms with van der Waals surface area (Å²) in [6, 6.07) is 4.11. The molecule has 0 bridgehead atoms. The summed E-state index contributed by atoms with van der Waals surface area (Å²) in [7, 11) is 0. The third-order valence-corrected chi connectivity index (χ3v) is 7.89. The van der Waals surface area contributed by atoms with Crippen molar-refractivity contribution in [2.45, 2.75) is 44.9 Å². The number of nitrogens with one attached hydrogen (secondary N) is 1. The molecule has 2 aromatic heterocycles. The lowest BCUT2D eigenvalue weighted by Gasteiger charge is -2.37. The van der Waals surface area contributed by atoms with Gasteiger partial charge in [0.2, 0.25) is 5.91 Å². The summed E-state index contributed by atoms with van der Waals surface area (Å²) >= 11 is 5.20. The quantitative estimate of drug-likeness (QED) is 0.597. The van der Waals surface area contributed by atoms with Crippen molar-refractivity contribution in [2.75, 3.05) is 44.2 Å². The minimum Gasteiger partial charge on any atom is -0.353 e. The Morgan fingerprint density at radius 3 is 2.80 bits per heavy atom. The molecule has 2 aromatic rings. The first-order chi connectivity index (χ1) is 14.6. The van der Waals surface area contributed by atoms with Crippen molar-refractivity contribution in [2.24, 2.45) is 0 Å². The summed E-state index contributed by atoms with van der Waals surface area (Å²) in [5.41, 5.74) is 2.53. The van der Waals surface area contributed by atoms with Crippen LogP contribution in [0, 0.1) is 0 Å². The summed E-state index contributed by atoms with van der Waals surface area (Å²) in [4.78, 5) is 28.0. The second kappa shape index (κ2) is 9.75. The van der Waals surface area contributed by atoms with Gasteiger partial charge in [0.05, 0.1) is 9.70 Å². The molecule has 0 spiro atoms. The molecule has 8 heteroatoms. The Kier molecular flexibility index (Phi) is 7.05. The van der Waals surface area contributed by atoms with E-state index >= 15 is 0 Å². The third kappa shape index (κ3) is 4.55. The fourth-order valence-corrected chi connectivity index (χ4v) is 6.00. The maximum atomic E-state index is 13.4. The molecule has 1 fully saturated rings. The minimum absolute atomic E-state index is 0.122. The van der Waals surface area contributed by atoms with Gasteiger partial charge in [-0.2, -0.15) is 0 Å². The summed E-state index contributed by atoms with van der Waals surface area (Å²) in [6.45, 7) is 9.17. The molecule has 30 heavy (non-hydrogen) atoms. The molecule has 2 aliphatic rings. The van der Waals surface area contributed by atoms with E-state index in [9.17, 15) is 4.79 Å². The smallest absolute Gasteiger partial charge is 0.232 e. The Hall–Kier alpha value is -1.51. The van der Waals surface area contributed by atoms with Crippen LogP contribution >= 0.6 is 27.3 Å². The van der Waals surface area contributed by atoms with Gasteiger partial charge in [-0.25, -0.2) is 9.97 Å². The maximum Gasteiger partial charge on any atom is 0.232 e. The number of thiophene rings is 1. The molecule has 0 aromatic carbocycles. The standard InChI is InChI=1S/C22H30BrN5OS/c1-3-8-24-13-16(18-6-7-19(23)30-18)22(29)28-11-9-27(10-12-28)21-20-15(2)4-5-17(20)25-14-26-21/h6-7,14-16,24H,3-5,8-13H2,1-2H3/t15-,16-/m1/s1. The molecule has 1 amide bonds.